The van der Waals surface area contributed by atoms with Crippen LogP contribution in [0.5, 0.6) is 0 Å². The van der Waals surface area contributed by atoms with Gasteiger partial charge in [-0.25, -0.2) is 9.97 Å². The molecule has 1 saturated heterocycles. The van der Waals surface area contributed by atoms with Crippen LogP contribution in [0.4, 0.5) is 11.6 Å². The van der Waals surface area contributed by atoms with Gasteiger partial charge in [0.05, 0.1) is 0 Å². The van der Waals surface area contributed by atoms with Crippen molar-refractivity contribution in [3.63, 3.8) is 0 Å². The molecule has 1 aromatic heterocycles. The standard InChI is InChI=1S/C17H22N4/c1-3-14-10-7-11-21(14)16-12-15(18-2)19-17(20-16)13-8-5-4-6-9-13/h4-6,8-9,12,14H,3,7,10-11H2,1-2H3,(H,18,19,20). The molecule has 0 aliphatic carbocycles. The molecule has 21 heavy (non-hydrogen) atoms. The van der Waals surface area contributed by atoms with E-state index in [2.05, 4.69) is 40.3 Å². The first-order valence-corrected chi connectivity index (χ1v) is 7.70. The summed E-state index contributed by atoms with van der Waals surface area (Å²) in [6.07, 6.45) is 3.67. The van der Waals surface area contributed by atoms with E-state index >= 15 is 0 Å². The average Bonchev–Trinajstić information content (AvgIpc) is 3.04. The van der Waals surface area contributed by atoms with Crippen molar-refractivity contribution in [3.8, 4) is 11.4 Å². The fourth-order valence-corrected chi connectivity index (χ4v) is 2.99. The molecular weight excluding hydrogens is 260 g/mol. The molecule has 1 fully saturated rings. The van der Waals surface area contributed by atoms with E-state index in [1.807, 2.05) is 25.2 Å². The topological polar surface area (TPSA) is 41.0 Å². The summed E-state index contributed by atoms with van der Waals surface area (Å²) in [5.74, 6) is 2.71. The number of hydrogen-bond donors (Lipinski definition) is 1. The zero-order valence-corrected chi connectivity index (χ0v) is 12.7. The molecule has 0 radical (unpaired) electrons. The van der Waals surface area contributed by atoms with E-state index in [0.717, 1.165) is 29.6 Å². The van der Waals surface area contributed by atoms with Gasteiger partial charge in [0.15, 0.2) is 5.82 Å². The zero-order valence-electron chi connectivity index (χ0n) is 12.7. The van der Waals surface area contributed by atoms with Crippen molar-refractivity contribution in [1.29, 1.82) is 0 Å². The number of rotatable bonds is 4. The molecule has 1 atom stereocenters. The minimum absolute atomic E-state index is 0.605. The van der Waals surface area contributed by atoms with Gasteiger partial charge >= 0.3 is 0 Å². The number of aromatic nitrogens is 2. The number of hydrogen-bond acceptors (Lipinski definition) is 4. The smallest absolute Gasteiger partial charge is 0.163 e. The van der Waals surface area contributed by atoms with E-state index in [9.17, 15) is 0 Å². The van der Waals surface area contributed by atoms with Gasteiger partial charge in [0.1, 0.15) is 11.6 Å². The Hall–Kier alpha value is -2.10. The van der Waals surface area contributed by atoms with E-state index in [4.69, 9.17) is 4.98 Å². The summed E-state index contributed by atoms with van der Waals surface area (Å²) in [6.45, 7) is 3.34. The first-order chi connectivity index (χ1) is 10.3. The Kier molecular flexibility index (Phi) is 4.04. The molecule has 1 N–H and O–H groups in total. The second-order valence-corrected chi connectivity index (χ2v) is 5.45. The lowest BCUT2D eigenvalue weighted by Crippen LogP contribution is -2.29. The highest BCUT2D eigenvalue weighted by molar-refractivity contribution is 5.62. The molecule has 3 rings (SSSR count). The zero-order chi connectivity index (χ0) is 14.7. The summed E-state index contributed by atoms with van der Waals surface area (Å²) in [4.78, 5) is 11.8. The van der Waals surface area contributed by atoms with Crippen molar-refractivity contribution < 1.29 is 0 Å². The third kappa shape index (κ3) is 2.84. The molecule has 2 heterocycles. The average molecular weight is 282 g/mol. The van der Waals surface area contributed by atoms with Gasteiger partial charge in [-0.3, -0.25) is 0 Å². The third-order valence-electron chi connectivity index (χ3n) is 4.14. The molecular formula is C17H22N4. The molecule has 2 aromatic rings. The van der Waals surface area contributed by atoms with Crippen molar-refractivity contribution in [2.24, 2.45) is 0 Å². The third-order valence-corrected chi connectivity index (χ3v) is 4.14. The van der Waals surface area contributed by atoms with Crippen LogP contribution in [0, 0.1) is 0 Å². The van der Waals surface area contributed by atoms with Crippen LogP contribution in [0.3, 0.4) is 0 Å². The minimum Gasteiger partial charge on any atom is -0.373 e. The quantitative estimate of drug-likeness (QED) is 0.931. The van der Waals surface area contributed by atoms with E-state index in [0.29, 0.717) is 6.04 Å². The normalized spacial score (nSPS) is 18.0. The molecule has 1 aliphatic rings. The summed E-state index contributed by atoms with van der Waals surface area (Å²) in [6, 6.07) is 12.8. The van der Waals surface area contributed by atoms with E-state index in [1.54, 1.807) is 0 Å². The second kappa shape index (κ2) is 6.12. The highest BCUT2D eigenvalue weighted by atomic mass is 15.2. The Morgan fingerprint density at radius 2 is 2.05 bits per heavy atom. The molecule has 4 nitrogen and oxygen atoms in total. The maximum Gasteiger partial charge on any atom is 0.163 e. The highest BCUT2D eigenvalue weighted by Crippen LogP contribution is 2.29. The predicted octanol–water partition coefficient (Wildman–Crippen LogP) is 3.56. The van der Waals surface area contributed by atoms with Crippen molar-refractivity contribution in [3.05, 3.63) is 36.4 Å². The van der Waals surface area contributed by atoms with Crippen LogP contribution in [-0.2, 0) is 0 Å². The number of benzene rings is 1. The van der Waals surface area contributed by atoms with Crippen molar-refractivity contribution in [2.75, 3.05) is 23.8 Å². The lowest BCUT2D eigenvalue weighted by Gasteiger charge is -2.25. The van der Waals surface area contributed by atoms with Crippen LogP contribution >= 0.6 is 0 Å². The fourth-order valence-electron chi connectivity index (χ4n) is 2.99. The van der Waals surface area contributed by atoms with Crippen molar-refractivity contribution in [2.45, 2.75) is 32.2 Å². The van der Waals surface area contributed by atoms with E-state index in [1.165, 1.54) is 19.3 Å². The summed E-state index contributed by atoms with van der Waals surface area (Å²) in [5.41, 5.74) is 1.06. The van der Waals surface area contributed by atoms with Gasteiger partial charge in [-0.2, -0.15) is 0 Å². The molecule has 4 heteroatoms. The molecule has 0 spiro atoms. The van der Waals surface area contributed by atoms with Gasteiger partial charge in [0.25, 0.3) is 0 Å². The molecule has 1 aliphatic heterocycles. The van der Waals surface area contributed by atoms with Crippen LogP contribution in [0.25, 0.3) is 11.4 Å². The fraction of sp³-hybridized carbons (Fsp3) is 0.412. The van der Waals surface area contributed by atoms with Crippen LogP contribution in [0.15, 0.2) is 36.4 Å². The van der Waals surface area contributed by atoms with Crippen LogP contribution < -0.4 is 10.2 Å². The van der Waals surface area contributed by atoms with Gasteiger partial charge < -0.3 is 10.2 Å². The second-order valence-electron chi connectivity index (χ2n) is 5.45. The Labute approximate surface area is 126 Å². The summed E-state index contributed by atoms with van der Waals surface area (Å²) in [7, 11) is 1.90. The summed E-state index contributed by atoms with van der Waals surface area (Å²) < 4.78 is 0. The van der Waals surface area contributed by atoms with Crippen LogP contribution in [0.1, 0.15) is 26.2 Å². The Morgan fingerprint density at radius 3 is 2.76 bits per heavy atom. The SMILES string of the molecule is CCC1CCCN1c1cc(NC)nc(-c2ccccc2)n1. The molecule has 110 valence electrons. The Bertz CT molecular complexity index is 597. The van der Waals surface area contributed by atoms with Crippen LogP contribution in [0.2, 0.25) is 0 Å². The van der Waals surface area contributed by atoms with E-state index < -0.39 is 0 Å². The van der Waals surface area contributed by atoms with Crippen molar-refractivity contribution in [1.82, 2.24) is 9.97 Å². The largest absolute Gasteiger partial charge is 0.373 e. The first-order valence-electron chi connectivity index (χ1n) is 7.70. The molecule has 1 unspecified atom stereocenters. The molecule has 0 amide bonds. The van der Waals surface area contributed by atoms with Gasteiger partial charge in [-0.15, -0.1) is 0 Å². The van der Waals surface area contributed by atoms with Crippen LogP contribution in [-0.4, -0.2) is 29.6 Å². The van der Waals surface area contributed by atoms with Gasteiger partial charge in [-0.1, -0.05) is 37.3 Å². The lowest BCUT2D eigenvalue weighted by atomic mass is 10.1. The van der Waals surface area contributed by atoms with Gasteiger partial charge in [-0.05, 0) is 19.3 Å². The molecule has 0 bridgehead atoms. The molecule has 1 aromatic carbocycles. The predicted molar refractivity (Wildman–Crippen MR) is 87.7 cm³/mol. The first kappa shape index (κ1) is 13.9. The summed E-state index contributed by atoms with van der Waals surface area (Å²) >= 11 is 0. The minimum atomic E-state index is 0.605. The molecule has 0 saturated carbocycles. The maximum atomic E-state index is 4.81. The van der Waals surface area contributed by atoms with Gasteiger partial charge in [0, 0.05) is 31.3 Å². The Balaban J connectivity index is 2.01. The van der Waals surface area contributed by atoms with E-state index in [-0.39, 0.29) is 0 Å². The number of anilines is 2. The Morgan fingerprint density at radius 1 is 1.24 bits per heavy atom. The summed E-state index contributed by atoms with van der Waals surface area (Å²) in [5, 5.41) is 3.16. The highest BCUT2D eigenvalue weighted by Gasteiger charge is 2.25. The number of nitrogens with one attached hydrogen (secondary N) is 1. The maximum absolute atomic E-state index is 4.81. The van der Waals surface area contributed by atoms with Crippen molar-refractivity contribution >= 4 is 11.6 Å². The number of nitrogens with zero attached hydrogens (tertiary/aromatic N) is 3. The lowest BCUT2D eigenvalue weighted by molar-refractivity contribution is 0.640. The van der Waals surface area contributed by atoms with Gasteiger partial charge in [0.2, 0.25) is 0 Å². The monoisotopic (exact) mass is 282 g/mol.